The Morgan fingerprint density at radius 1 is 1.64 bits per heavy atom. The van der Waals surface area contributed by atoms with Gasteiger partial charge in [0.2, 0.25) is 0 Å². The summed E-state index contributed by atoms with van der Waals surface area (Å²) in [5.74, 6) is 1.24. The second kappa shape index (κ2) is 5.01. The summed E-state index contributed by atoms with van der Waals surface area (Å²) in [6.45, 7) is 3.59. The molecule has 11 heavy (non-hydrogen) atoms. The number of hydrogen-bond acceptors (Lipinski definition) is 3. The summed E-state index contributed by atoms with van der Waals surface area (Å²) in [6, 6.07) is 0.436. The average Bonchev–Trinajstić information content (AvgIpc) is 2.01. The fraction of sp³-hybridized carbons (Fsp3) is 1.00. The number of hydrogen-bond donors (Lipinski definition) is 1. The average molecular weight is 174 g/mol. The summed E-state index contributed by atoms with van der Waals surface area (Å²) < 4.78 is 0. The van der Waals surface area contributed by atoms with Crippen LogP contribution in [0.5, 0.6) is 0 Å². The first-order chi connectivity index (χ1) is 5.33. The van der Waals surface area contributed by atoms with Crippen molar-refractivity contribution >= 4 is 11.8 Å². The molecule has 0 radical (unpaired) electrons. The predicted molar refractivity (Wildman–Crippen MR) is 52.0 cm³/mol. The Morgan fingerprint density at radius 3 is 3.09 bits per heavy atom. The van der Waals surface area contributed by atoms with E-state index in [4.69, 9.17) is 5.73 Å². The Bertz CT molecular complexity index is 108. The molecule has 0 amide bonds. The van der Waals surface area contributed by atoms with Crippen LogP contribution in [0.2, 0.25) is 0 Å². The third kappa shape index (κ3) is 3.45. The van der Waals surface area contributed by atoms with E-state index in [0.29, 0.717) is 6.04 Å². The zero-order valence-electron chi connectivity index (χ0n) is 7.25. The standard InChI is InChI=1S/C8H18N2S/c1-11-6-5-10-4-2-3-8(9)7-10/h8H,2-7,9H2,1H3. The van der Waals surface area contributed by atoms with Crippen LogP contribution < -0.4 is 5.73 Å². The van der Waals surface area contributed by atoms with Gasteiger partial charge in [0.1, 0.15) is 0 Å². The first-order valence-electron chi connectivity index (χ1n) is 4.30. The fourth-order valence-corrected chi connectivity index (χ4v) is 1.96. The predicted octanol–water partition coefficient (Wildman–Crippen LogP) is 0.773. The Labute approximate surface area is 73.5 Å². The van der Waals surface area contributed by atoms with Crippen molar-refractivity contribution in [3.8, 4) is 0 Å². The van der Waals surface area contributed by atoms with Gasteiger partial charge in [-0.05, 0) is 25.6 Å². The van der Waals surface area contributed by atoms with Crippen molar-refractivity contribution in [1.29, 1.82) is 0 Å². The molecule has 1 saturated heterocycles. The first-order valence-corrected chi connectivity index (χ1v) is 5.69. The van der Waals surface area contributed by atoms with Crippen molar-refractivity contribution < 1.29 is 0 Å². The smallest absolute Gasteiger partial charge is 0.0168 e. The van der Waals surface area contributed by atoms with Gasteiger partial charge in [-0.2, -0.15) is 11.8 Å². The summed E-state index contributed by atoms with van der Waals surface area (Å²) in [5.41, 5.74) is 5.85. The number of thioether (sulfide) groups is 1. The van der Waals surface area contributed by atoms with E-state index in [-0.39, 0.29) is 0 Å². The van der Waals surface area contributed by atoms with Crippen molar-refractivity contribution in [1.82, 2.24) is 4.90 Å². The van der Waals surface area contributed by atoms with E-state index in [1.807, 2.05) is 11.8 Å². The van der Waals surface area contributed by atoms with Crippen LogP contribution in [0.15, 0.2) is 0 Å². The van der Waals surface area contributed by atoms with Crippen molar-refractivity contribution in [3.63, 3.8) is 0 Å². The molecular formula is C8H18N2S. The first kappa shape index (κ1) is 9.36. The molecule has 2 nitrogen and oxygen atoms in total. The second-order valence-corrected chi connectivity index (χ2v) is 4.18. The molecule has 0 aromatic rings. The van der Waals surface area contributed by atoms with Gasteiger partial charge in [0, 0.05) is 24.9 Å². The molecule has 1 aliphatic rings. The summed E-state index contributed by atoms with van der Waals surface area (Å²) >= 11 is 1.91. The van der Waals surface area contributed by atoms with Gasteiger partial charge < -0.3 is 10.6 Å². The highest BCUT2D eigenvalue weighted by Crippen LogP contribution is 2.08. The second-order valence-electron chi connectivity index (χ2n) is 3.20. The summed E-state index contributed by atoms with van der Waals surface area (Å²) in [4.78, 5) is 2.48. The lowest BCUT2D eigenvalue weighted by atomic mass is 10.1. The topological polar surface area (TPSA) is 29.3 Å². The van der Waals surface area contributed by atoms with Crippen LogP contribution in [0.4, 0.5) is 0 Å². The fourth-order valence-electron chi connectivity index (χ4n) is 1.51. The van der Waals surface area contributed by atoms with Gasteiger partial charge in [0.25, 0.3) is 0 Å². The van der Waals surface area contributed by atoms with Gasteiger partial charge in [0.05, 0.1) is 0 Å². The van der Waals surface area contributed by atoms with Crippen LogP contribution in [-0.4, -0.2) is 42.6 Å². The monoisotopic (exact) mass is 174 g/mol. The molecule has 2 N–H and O–H groups in total. The zero-order valence-corrected chi connectivity index (χ0v) is 8.07. The molecule has 0 aromatic carbocycles. The molecular weight excluding hydrogens is 156 g/mol. The SMILES string of the molecule is CSCCN1CCCC(N)C1. The van der Waals surface area contributed by atoms with Crippen molar-refractivity contribution in [2.75, 3.05) is 31.6 Å². The van der Waals surface area contributed by atoms with Crippen LogP contribution in [0.1, 0.15) is 12.8 Å². The maximum absolute atomic E-state index is 5.85. The molecule has 0 spiro atoms. The van der Waals surface area contributed by atoms with Crippen LogP contribution in [0.3, 0.4) is 0 Å². The Morgan fingerprint density at radius 2 is 2.45 bits per heavy atom. The molecule has 1 heterocycles. The molecule has 0 aliphatic carbocycles. The summed E-state index contributed by atoms with van der Waals surface area (Å²) in [6.07, 6.45) is 4.66. The highest BCUT2D eigenvalue weighted by atomic mass is 32.2. The van der Waals surface area contributed by atoms with Gasteiger partial charge in [-0.15, -0.1) is 0 Å². The van der Waals surface area contributed by atoms with Crippen molar-refractivity contribution in [2.24, 2.45) is 5.73 Å². The number of nitrogens with zero attached hydrogens (tertiary/aromatic N) is 1. The minimum atomic E-state index is 0.436. The van der Waals surface area contributed by atoms with Crippen LogP contribution in [0, 0.1) is 0 Å². The van der Waals surface area contributed by atoms with E-state index in [1.165, 1.54) is 31.7 Å². The van der Waals surface area contributed by atoms with Crippen molar-refractivity contribution in [3.05, 3.63) is 0 Å². The molecule has 1 atom stereocenters. The lowest BCUT2D eigenvalue weighted by Crippen LogP contribution is -2.43. The number of likely N-dealkylation sites (tertiary alicyclic amines) is 1. The van der Waals surface area contributed by atoms with Gasteiger partial charge in [-0.25, -0.2) is 0 Å². The minimum Gasteiger partial charge on any atom is -0.327 e. The summed E-state index contributed by atoms with van der Waals surface area (Å²) in [7, 11) is 0. The molecule has 0 aromatic heterocycles. The number of nitrogens with two attached hydrogens (primary N) is 1. The van der Waals surface area contributed by atoms with Gasteiger partial charge >= 0.3 is 0 Å². The molecule has 3 heteroatoms. The van der Waals surface area contributed by atoms with Gasteiger partial charge in [-0.3, -0.25) is 0 Å². The van der Waals surface area contributed by atoms with Gasteiger partial charge in [-0.1, -0.05) is 0 Å². The third-order valence-corrected chi connectivity index (χ3v) is 2.74. The van der Waals surface area contributed by atoms with Crippen LogP contribution in [-0.2, 0) is 0 Å². The summed E-state index contributed by atoms with van der Waals surface area (Å²) in [5, 5.41) is 0. The van der Waals surface area contributed by atoms with E-state index in [1.54, 1.807) is 0 Å². The van der Waals surface area contributed by atoms with Gasteiger partial charge in [0.15, 0.2) is 0 Å². The highest BCUT2D eigenvalue weighted by molar-refractivity contribution is 7.98. The number of rotatable bonds is 3. The lowest BCUT2D eigenvalue weighted by molar-refractivity contribution is 0.221. The van der Waals surface area contributed by atoms with Crippen LogP contribution in [0.25, 0.3) is 0 Å². The maximum Gasteiger partial charge on any atom is 0.0168 e. The van der Waals surface area contributed by atoms with Crippen LogP contribution >= 0.6 is 11.8 Å². The van der Waals surface area contributed by atoms with E-state index in [2.05, 4.69) is 11.2 Å². The lowest BCUT2D eigenvalue weighted by Gasteiger charge is -2.30. The molecule has 1 rings (SSSR count). The molecule has 1 fully saturated rings. The van der Waals surface area contributed by atoms with E-state index in [9.17, 15) is 0 Å². The van der Waals surface area contributed by atoms with E-state index in [0.717, 1.165) is 6.54 Å². The van der Waals surface area contributed by atoms with E-state index < -0.39 is 0 Å². The Kier molecular flexibility index (Phi) is 4.26. The molecule has 0 saturated carbocycles. The third-order valence-electron chi connectivity index (χ3n) is 2.15. The quantitative estimate of drug-likeness (QED) is 0.685. The zero-order chi connectivity index (χ0) is 8.10. The largest absolute Gasteiger partial charge is 0.327 e. The molecule has 1 aliphatic heterocycles. The molecule has 66 valence electrons. The Balaban J connectivity index is 2.12. The van der Waals surface area contributed by atoms with Crippen molar-refractivity contribution in [2.45, 2.75) is 18.9 Å². The number of piperidine rings is 1. The molecule has 1 unspecified atom stereocenters. The highest BCUT2D eigenvalue weighted by Gasteiger charge is 2.15. The minimum absolute atomic E-state index is 0.436. The van der Waals surface area contributed by atoms with E-state index >= 15 is 0 Å². The maximum atomic E-state index is 5.85. The molecule has 0 bridgehead atoms. The normalized spacial score (nSPS) is 27.3. The Hall–Kier alpha value is 0.270.